The molecule has 0 aliphatic carbocycles. The van der Waals surface area contributed by atoms with Crippen LogP contribution in [0.2, 0.25) is 0 Å². The molecule has 0 saturated carbocycles. The van der Waals surface area contributed by atoms with E-state index in [2.05, 4.69) is 27.7 Å². The smallest absolute Gasteiger partial charge is 0.462 e. The molecule has 0 aliphatic rings. The van der Waals surface area contributed by atoms with Gasteiger partial charge in [-0.25, -0.2) is 9.13 Å². The van der Waals surface area contributed by atoms with E-state index in [0.29, 0.717) is 25.7 Å². The Morgan fingerprint density at radius 2 is 0.513 bits per heavy atom. The molecule has 0 bridgehead atoms. The minimum absolute atomic E-state index is 0.106. The first-order valence-electron chi connectivity index (χ1n) is 31.3. The molecule has 0 saturated heterocycles. The summed E-state index contributed by atoms with van der Waals surface area (Å²) in [5.41, 5.74) is 0. The van der Waals surface area contributed by atoms with Crippen LogP contribution in [-0.4, -0.2) is 96.7 Å². The van der Waals surface area contributed by atoms with Gasteiger partial charge >= 0.3 is 39.5 Å². The molecule has 0 radical (unpaired) electrons. The number of unbranched alkanes of at least 4 members (excludes halogenated alkanes) is 34. The highest BCUT2D eigenvalue weighted by Crippen LogP contribution is 2.45. The molecule has 19 heteroatoms. The van der Waals surface area contributed by atoms with Crippen LogP contribution in [0, 0.1) is 0 Å². The zero-order valence-corrected chi connectivity index (χ0v) is 51.4. The molecule has 17 nitrogen and oxygen atoms in total. The minimum Gasteiger partial charge on any atom is -0.462 e. The van der Waals surface area contributed by atoms with Crippen LogP contribution in [0.25, 0.3) is 0 Å². The number of esters is 4. The predicted octanol–water partition coefficient (Wildman–Crippen LogP) is 16.0. The Labute approximate surface area is 473 Å². The third kappa shape index (κ3) is 53.4. The van der Waals surface area contributed by atoms with E-state index in [1.54, 1.807) is 0 Å². The normalized spacial score (nSPS) is 14.3. The summed E-state index contributed by atoms with van der Waals surface area (Å²) in [6.07, 6.45) is 37.6. The first kappa shape index (κ1) is 76.1. The van der Waals surface area contributed by atoms with E-state index in [0.717, 1.165) is 103 Å². The lowest BCUT2D eigenvalue weighted by Gasteiger charge is -2.21. The molecule has 0 rings (SSSR count). The largest absolute Gasteiger partial charge is 0.472 e. The first-order chi connectivity index (χ1) is 37.7. The molecular formula is C59H114O17P2. The zero-order valence-electron chi connectivity index (χ0n) is 49.6. The summed E-state index contributed by atoms with van der Waals surface area (Å²) in [4.78, 5) is 71.8. The molecule has 0 aromatic heterocycles. The summed E-state index contributed by atoms with van der Waals surface area (Å²) in [7, 11) is -9.87. The Morgan fingerprint density at radius 1 is 0.308 bits per heavy atom. The van der Waals surface area contributed by atoms with Gasteiger partial charge in [-0.05, 0) is 25.7 Å². The summed E-state index contributed by atoms with van der Waals surface area (Å²) in [5.74, 6) is -2.14. The third-order valence-corrected chi connectivity index (χ3v) is 15.5. The second-order valence-electron chi connectivity index (χ2n) is 21.4. The Hall–Kier alpha value is -1.94. The van der Waals surface area contributed by atoms with Gasteiger partial charge in [-0.1, -0.05) is 246 Å². The molecule has 78 heavy (non-hydrogen) atoms. The minimum atomic E-state index is -4.94. The fourth-order valence-corrected chi connectivity index (χ4v) is 10.3. The third-order valence-electron chi connectivity index (χ3n) is 13.6. The van der Waals surface area contributed by atoms with Gasteiger partial charge in [0.25, 0.3) is 0 Å². The van der Waals surface area contributed by atoms with Crippen molar-refractivity contribution in [1.29, 1.82) is 0 Å². The van der Waals surface area contributed by atoms with Gasteiger partial charge in [0.2, 0.25) is 0 Å². The van der Waals surface area contributed by atoms with Gasteiger partial charge in [0, 0.05) is 25.7 Å². The highest BCUT2D eigenvalue weighted by atomic mass is 31.2. The van der Waals surface area contributed by atoms with E-state index >= 15 is 0 Å². The van der Waals surface area contributed by atoms with Gasteiger partial charge in [-0.2, -0.15) is 0 Å². The lowest BCUT2D eigenvalue weighted by atomic mass is 10.0. The van der Waals surface area contributed by atoms with Crippen LogP contribution < -0.4 is 0 Å². The number of aliphatic hydroxyl groups is 1. The molecule has 0 aromatic rings. The fraction of sp³-hybridized carbons (Fsp3) is 0.932. The topological polar surface area (TPSA) is 237 Å². The summed E-state index contributed by atoms with van der Waals surface area (Å²) >= 11 is 0. The van der Waals surface area contributed by atoms with Gasteiger partial charge in [0.1, 0.15) is 19.3 Å². The Bertz CT molecular complexity index is 1520. The van der Waals surface area contributed by atoms with Gasteiger partial charge < -0.3 is 33.8 Å². The van der Waals surface area contributed by atoms with Crippen molar-refractivity contribution >= 4 is 39.5 Å². The van der Waals surface area contributed by atoms with Gasteiger partial charge in [0.15, 0.2) is 12.2 Å². The maximum Gasteiger partial charge on any atom is 0.472 e. The van der Waals surface area contributed by atoms with Crippen LogP contribution in [0.15, 0.2) is 0 Å². The number of carbonyl (C=O) groups excluding carboxylic acids is 4. The van der Waals surface area contributed by atoms with Crippen molar-refractivity contribution < 1.29 is 80.2 Å². The molecule has 3 N–H and O–H groups in total. The molecule has 0 aromatic carbocycles. The molecule has 0 aliphatic heterocycles. The van der Waals surface area contributed by atoms with E-state index < -0.39 is 97.5 Å². The van der Waals surface area contributed by atoms with E-state index in [-0.39, 0.29) is 25.7 Å². The van der Waals surface area contributed by atoms with Crippen LogP contribution in [0.1, 0.15) is 297 Å². The summed E-state index contributed by atoms with van der Waals surface area (Å²) in [6, 6.07) is 0. The molecule has 0 heterocycles. The number of phosphoric acid groups is 2. The first-order valence-corrected chi connectivity index (χ1v) is 34.3. The van der Waals surface area contributed by atoms with Crippen molar-refractivity contribution in [3.63, 3.8) is 0 Å². The van der Waals surface area contributed by atoms with Crippen LogP contribution in [0.3, 0.4) is 0 Å². The summed E-state index contributed by atoms with van der Waals surface area (Å²) in [6.45, 7) is 4.79. The molecule has 462 valence electrons. The Morgan fingerprint density at radius 3 is 0.756 bits per heavy atom. The summed E-state index contributed by atoms with van der Waals surface area (Å²) < 4.78 is 67.6. The standard InChI is InChI=1S/C59H114O17P2/c1-5-9-13-17-21-24-26-27-30-34-38-42-46-59(64)76-55(50-70-57(62)44-40-36-32-29-25-22-18-14-10-6-2)52-74-78(67,68)72-48-53(60)47-71-77(65,66)73-51-54(49-69-56(61)43-39-35-31-20-16-12-8-4)75-58(63)45-41-37-33-28-23-19-15-11-7-3/h53-55,60H,5-52H2,1-4H3,(H,65,66)(H,67,68)/t53-,54+,55+/m0/s1. The van der Waals surface area contributed by atoms with Crippen molar-refractivity contribution in [3.8, 4) is 0 Å². The highest BCUT2D eigenvalue weighted by molar-refractivity contribution is 7.47. The van der Waals surface area contributed by atoms with Crippen molar-refractivity contribution in [2.24, 2.45) is 0 Å². The monoisotopic (exact) mass is 1160 g/mol. The average Bonchev–Trinajstić information content (AvgIpc) is 3.41. The second-order valence-corrected chi connectivity index (χ2v) is 24.3. The van der Waals surface area contributed by atoms with Crippen LogP contribution in [-0.2, 0) is 65.4 Å². The lowest BCUT2D eigenvalue weighted by Crippen LogP contribution is -2.30. The van der Waals surface area contributed by atoms with E-state index in [1.165, 1.54) is 116 Å². The van der Waals surface area contributed by atoms with Crippen molar-refractivity contribution in [2.75, 3.05) is 39.6 Å². The number of carbonyl (C=O) groups is 4. The SMILES string of the molecule is CCCCCCCCCCCCCCC(=O)O[C@H](COC(=O)CCCCCCCCCCCC)COP(=O)(O)OC[C@@H](O)COP(=O)(O)OC[C@@H](COC(=O)CCCCCCCCC)OC(=O)CCCCCCCCCCC. The van der Waals surface area contributed by atoms with E-state index in [4.69, 9.17) is 37.0 Å². The number of rotatable bonds is 60. The molecule has 0 fully saturated rings. The van der Waals surface area contributed by atoms with Crippen molar-refractivity contribution in [3.05, 3.63) is 0 Å². The molecule has 5 atom stereocenters. The van der Waals surface area contributed by atoms with Gasteiger partial charge in [0.05, 0.1) is 26.4 Å². The molecular weight excluding hydrogens is 1040 g/mol. The molecule has 0 amide bonds. The molecule has 2 unspecified atom stereocenters. The van der Waals surface area contributed by atoms with Gasteiger partial charge in [-0.15, -0.1) is 0 Å². The fourth-order valence-electron chi connectivity index (χ4n) is 8.75. The number of hydrogen-bond donors (Lipinski definition) is 3. The van der Waals surface area contributed by atoms with E-state index in [9.17, 15) is 43.2 Å². The average molecular weight is 1160 g/mol. The van der Waals surface area contributed by atoms with E-state index in [1.807, 2.05) is 0 Å². The number of hydrogen-bond acceptors (Lipinski definition) is 15. The van der Waals surface area contributed by atoms with Crippen LogP contribution >= 0.6 is 15.6 Å². The van der Waals surface area contributed by atoms with Crippen LogP contribution in [0.4, 0.5) is 0 Å². The predicted molar refractivity (Wildman–Crippen MR) is 308 cm³/mol. The van der Waals surface area contributed by atoms with Crippen LogP contribution in [0.5, 0.6) is 0 Å². The quantitative estimate of drug-likeness (QED) is 0.0222. The van der Waals surface area contributed by atoms with Crippen molar-refractivity contribution in [1.82, 2.24) is 0 Å². The maximum absolute atomic E-state index is 12.9. The number of ether oxygens (including phenoxy) is 4. The Balaban J connectivity index is 5.20. The zero-order chi connectivity index (χ0) is 57.6. The summed E-state index contributed by atoms with van der Waals surface area (Å²) in [5, 5.41) is 10.5. The number of aliphatic hydroxyl groups excluding tert-OH is 1. The lowest BCUT2D eigenvalue weighted by molar-refractivity contribution is -0.161. The number of phosphoric ester groups is 2. The van der Waals surface area contributed by atoms with Crippen molar-refractivity contribution in [2.45, 2.75) is 316 Å². The highest BCUT2D eigenvalue weighted by Gasteiger charge is 2.30. The Kier molecular flexibility index (Phi) is 53.0. The maximum atomic E-state index is 12.9. The van der Waals surface area contributed by atoms with Gasteiger partial charge in [-0.3, -0.25) is 37.3 Å². The molecule has 0 spiro atoms. The second kappa shape index (κ2) is 54.3.